The minimum absolute atomic E-state index is 0.472. The lowest BCUT2D eigenvalue weighted by Crippen LogP contribution is -2.14. The Hall–Kier alpha value is -1.02. The minimum atomic E-state index is 0.472. The summed E-state index contributed by atoms with van der Waals surface area (Å²) in [5.41, 5.74) is 2.06. The van der Waals surface area contributed by atoms with Crippen LogP contribution < -0.4 is 0 Å². The number of rotatable bonds is 1. The first-order valence-electron chi connectivity index (χ1n) is 5.15. The van der Waals surface area contributed by atoms with E-state index in [2.05, 4.69) is 0 Å². The molecular formula is C12H16O2. The molecule has 0 radical (unpaired) electrons. The third kappa shape index (κ3) is 1.75. The molecule has 2 heteroatoms. The molecule has 2 nitrogen and oxygen atoms in total. The molecule has 0 saturated carbocycles. The summed E-state index contributed by atoms with van der Waals surface area (Å²) in [5, 5.41) is 9.91. The molecule has 1 aromatic rings. The van der Waals surface area contributed by atoms with Crippen LogP contribution in [0.4, 0.5) is 0 Å². The van der Waals surface area contributed by atoms with Crippen LogP contribution in [-0.2, 0) is 4.74 Å². The highest BCUT2D eigenvalue weighted by molar-refractivity contribution is 5.41. The molecule has 0 spiro atoms. The zero-order valence-electron chi connectivity index (χ0n) is 8.49. The largest absolute Gasteiger partial charge is 0.507 e. The van der Waals surface area contributed by atoms with Gasteiger partial charge in [0, 0.05) is 13.2 Å². The molecule has 1 aliphatic heterocycles. The van der Waals surface area contributed by atoms with Crippen molar-refractivity contribution in [3.63, 3.8) is 0 Å². The highest BCUT2D eigenvalue weighted by Gasteiger charge is 2.19. The third-order valence-electron chi connectivity index (χ3n) is 2.93. The highest BCUT2D eigenvalue weighted by atomic mass is 16.5. The molecule has 0 atom stereocenters. The first kappa shape index (κ1) is 9.53. The maximum atomic E-state index is 9.91. The summed E-state index contributed by atoms with van der Waals surface area (Å²) in [6.07, 6.45) is 2.05. The van der Waals surface area contributed by atoms with E-state index in [4.69, 9.17) is 4.74 Å². The van der Waals surface area contributed by atoms with Gasteiger partial charge in [-0.2, -0.15) is 0 Å². The molecule has 14 heavy (non-hydrogen) atoms. The normalized spacial score (nSPS) is 18.4. The molecule has 0 aromatic heterocycles. The van der Waals surface area contributed by atoms with Gasteiger partial charge in [0.15, 0.2) is 0 Å². The average Bonchev–Trinajstić information content (AvgIpc) is 2.23. The molecule has 0 amide bonds. The van der Waals surface area contributed by atoms with Gasteiger partial charge in [-0.25, -0.2) is 0 Å². The Morgan fingerprint density at radius 3 is 2.71 bits per heavy atom. The third-order valence-corrected chi connectivity index (χ3v) is 2.93. The van der Waals surface area contributed by atoms with E-state index in [1.165, 1.54) is 0 Å². The van der Waals surface area contributed by atoms with Gasteiger partial charge in [-0.1, -0.05) is 18.2 Å². The predicted molar refractivity (Wildman–Crippen MR) is 55.6 cm³/mol. The number of phenols is 1. The molecule has 1 aliphatic rings. The number of phenolic OH excluding ortho intramolecular Hbond substituents is 1. The molecule has 1 heterocycles. The van der Waals surface area contributed by atoms with Crippen molar-refractivity contribution in [3.8, 4) is 5.75 Å². The molecular weight excluding hydrogens is 176 g/mol. The first-order valence-corrected chi connectivity index (χ1v) is 5.15. The zero-order valence-corrected chi connectivity index (χ0v) is 8.49. The molecule has 1 fully saturated rings. The Morgan fingerprint density at radius 1 is 1.29 bits per heavy atom. The van der Waals surface area contributed by atoms with Crippen LogP contribution in [0.25, 0.3) is 0 Å². The van der Waals surface area contributed by atoms with Gasteiger partial charge >= 0.3 is 0 Å². The summed E-state index contributed by atoms with van der Waals surface area (Å²) in [4.78, 5) is 0. The topological polar surface area (TPSA) is 29.5 Å². The van der Waals surface area contributed by atoms with Crippen LogP contribution in [0.2, 0.25) is 0 Å². The number of aryl methyl sites for hydroxylation is 1. The van der Waals surface area contributed by atoms with Crippen LogP contribution in [0.15, 0.2) is 18.2 Å². The lowest BCUT2D eigenvalue weighted by atomic mass is 9.90. The van der Waals surface area contributed by atoms with Crippen molar-refractivity contribution in [2.75, 3.05) is 13.2 Å². The van der Waals surface area contributed by atoms with E-state index < -0.39 is 0 Å². The Balaban J connectivity index is 2.26. The molecule has 76 valence electrons. The van der Waals surface area contributed by atoms with Gasteiger partial charge in [-0.15, -0.1) is 0 Å². The fraction of sp³-hybridized carbons (Fsp3) is 0.500. The quantitative estimate of drug-likeness (QED) is 0.741. The van der Waals surface area contributed by atoms with Crippen LogP contribution in [0.1, 0.15) is 29.9 Å². The van der Waals surface area contributed by atoms with Crippen LogP contribution in [0.5, 0.6) is 5.75 Å². The van der Waals surface area contributed by atoms with Gasteiger partial charge in [0.05, 0.1) is 0 Å². The van der Waals surface area contributed by atoms with Crippen molar-refractivity contribution < 1.29 is 9.84 Å². The standard InChI is InChI=1S/C12H16O2/c1-9-3-2-4-11(12(9)13)10-5-7-14-8-6-10/h2-4,10,13H,5-8H2,1H3. The summed E-state index contributed by atoms with van der Waals surface area (Å²) >= 11 is 0. The summed E-state index contributed by atoms with van der Waals surface area (Å²) in [7, 11) is 0. The van der Waals surface area contributed by atoms with E-state index in [0.717, 1.165) is 37.2 Å². The van der Waals surface area contributed by atoms with E-state index in [-0.39, 0.29) is 0 Å². The number of para-hydroxylation sites is 1. The van der Waals surface area contributed by atoms with Gasteiger partial charge in [-0.05, 0) is 36.8 Å². The Labute approximate surface area is 84.5 Å². The van der Waals surface area contributed by atoms with E-state index in [0.29, 0.717) is 11.7 Å². The molecule has 1 saturated heterocycles. The molecule has 0 aliphatic carbocycles. The van der Waals surface area contributed by atoms with Crippen molar-refractivity contribution >= 4 is 0 Å². The maximum Gasteiger partial charge on any atom is 0.121 e. The van der Waals surface area contributed by atoms with Gasteiger partial charge in [0.25, 0.3) is 0 Å². The summed E-state index contributed by atoms with van der Waals surface area (Å²) in [5.74, 6) is 0.947. The van der Waals surface area contributed by atoms with Gasteiger partial charge in [-0.3, -0.25) is 0 Å². The second-order valence-electron chi connectivity index (χ2n) is 3.90. The number of hydrogen-bond donors (Lipinski definition) is 1. The number of hydrogen-bond acceptors (Lipinski definition) is 2. The predicted octanol–water partition coefficient (Wildman–Crippen LogP) is 2.59. The maximum absolute atomic E-state index is 9.91. The van der Waals surface area contributed by atoms with Crippen molar-refractivity contribution in [2.24, 2.45) is 0 Å². The van der Waals surface area contributed by atoms with E-state index in [9.17, 15) is 5.11 Å². The van der Waals surface area contributed by atoms with Gasteiger partial charge in [0.1, 0.15) is 5.75 Å². The molecule has 1 N–H and O–H groups in total. The smallest absolute Gasteiger partial charge is 0.121 e. The molecule has 0 bridgehead atoms. The van der Waals surface area contributed by atoms with E-state index >= 15 is 0 Å². The number of benzene rings is 1. The van der Waals surface area contributed by atoms with E-state index in [1.54, 1.807) is 0 Å². The second kappa shape index (κ2) is 4.01. The van der Waals surface area contributed by atoms with Crippen molar-refractivity contribution in [3.05, 3.63) is 29.3 Å². The fourth-order valence-electron chi connectivity index (χ4n) is 2.02. The first-order chi connectivity index (χ1) is 6.79. The average molecular weight is 192 g/mol. The molecule has 0 unspecified atom stereocenters. The molecule has 2 rings (SSSR count). The fourth-order valence-corrected chi connectivity index (χ4v) is 2.02. The van der Waals surface area contributed by atoms with Crippen LogP contribution in [0, 0.1) is 6.92 Å². The highest BCUT2D eigenvalue weighted by Crippen LogP contribution is 2.34. The Bertz CT molecular complexity index is 314. The zero-order chi connectivity index (χ0) is 9.97. The Kier molecular flexibility index (Phi) is 2.73. The lowest BCUT2D eigenvalue weighted by Gasteiger charge is -2.23. The van der Waals surface area contributed by atoms with Crippen molar-refractivity contribution in [2.45, 2.75) is 25.7 Å². The molecule has 1 aromatic carbocycles. The summed E-state index contributed by atoms with van der Waals surface area (Å²) in [6.45, 7) is 3.58. The lowest BCUT2D eigenvalue weighted by molar-refractivity contribution is 0.0848. The SMILES string of the molecule is Cc1cccc(C2CCOCC2)c1O. The van der Waals surface area contributed by atoms with Crippen LogP contribution in [0.3, 0.4) is 0 Å². The number of aromatic hydroxyl groups is 1. The van der Waals surface area contributed by atoms with Crippen molar-refractivity contribution in [1.29, 1.82) is 0 Å². The van der Waals surface area contributed by atoms with Crippen molar-refractivity contribution in [1.82, 2.24) is 0 Å². The van der Waals surface area contributed by atoms with Crippen LogP contribution in [-0.4, -0.2) is 18.3 Å². The summed E-state index contributed by atoms with van der Waals surface area (Å²) in [6, 6.07) is 5.98. The summed E-state index contributed by atoms with van der Waals surface area (Å²) < 4.78 is 5.31. The second-order valence-corrected chi connectivity index (χ2v) is 3.90. The van der Waals surface area contributed by atoms with Crippen LogP contribution >= 0.6 is 0 Å². The minimum Gasteiger partial charge on any atom is -0.507 e. The Morgan fingerprint density at radius 2 is 2.00 bits per heavy atom. The monoisotopic (exact) mass is 192 g/mol. The van der Waals surface area contributed by atoms with Gasteiger partial charge < -0.3 is 9.84 Å². The number of ether oxygens (including phenoxy) is 1. The van der Waals surface area contributed by atoms with E-state index in [1.807, 2.05) is 25.1 Å². The van der Waals surface area contributed by atoms with Gasteiger partial charge in [0.2, 0.25) is 0 Å².